The summed E-state index contributed by atoms with van der Waals surface area (Å²) in [6.07, 6.45) is 2.04. The largest absolute Gasteiger partial charge is 0.325 e. The lowest BCUT2D eigenvalue weighted by molar-refractivity contribution is -0.116. The summed E-state index contributed by atoms with van der Waals surface area (Å²) in [5, 5.41) is 8.76. The molecule has 214 valence electrons. The second kappa shape index (κ2) is 15.1. The maximum absolute atomic E-state index is 13.5. The molecule has 0 aliphatic heterocycles. The van der Waals surface area contributed by atoms with E-state index in [2.05, 4.69) is 31.9 Å². The van der Waals surface area contributed by atoms with Crippen molar-refractivity contribution in [3.63, 3.8) is 0 Å². The predicted octanol–water partition coefficient (Wildman–Crippen LogP) is 8.67. The molecule has 1 unspecified atom stereocenters. The summed E-state index contributed by atoms with van der Waals surface area (Å²) in [6, 6.07) is 28.1. The normalized spacial score (nSPS) is 11.9. The van der Waals surface area contributed by atoms with Crippen molar-refractivity contribution >= 4 is 86.1 Å². The van der Waals surface area contributed by atoms with Gasteiger partial charge in [-0.2, -0.15) is 0 Å². The molecule has 4 aromatic carbocycles. The second-order valence-corrected chi connectivity index (χ2v) is 12.0. The Bertz CT molecular complexity index is 1600. The number of thioether (sulfide) groups is 1. The number of anilines is 2. The van der Waals surface area contributed by atoms with E-state index in [1.807, 2.05) is 37.3 Å². The number of rotatable bonds is 10. The molecule has 3 amide bonds. The Morgan fingerprint density at radius 2 is 1.50 bits per heavy atom. The zero-order valence-corrected chi connectivity index (χ0v) is 26.3. The Labute approximate surface area is 267 Å². The molecule has 0 aliphatic carbocycles. The van der Waals surface area contributed by atoms with Crippen molar-refractivity contribution in [1.82, 2.24) is 5.32 Å². The maximum Gasteiger partial charge on any atom is 0.272 e. The number of carbonyl (C=O) groups excluding carboxylic acids is 3. The van der Waals surface area contributed by atoms with Gasteiger partial charge in [-0.1, -0.05) is 76.4 Å². The third kappa shape index (κ3) is 8.72. The lowest BCUT2D eigenvalue weighted by Gasteiger charge is -2.16. The first-order valence-corrected chi connectivity index (χ1v) is 15.3. The zero-order chi connectivity index (χ0) is 30.1. The molecule has 0 radical (unpaired) electrons. The van der Waals surface area contributed by atoms with Crippen molar-refractivity contribution in [3.05, 3.63) is 128 Å². The third-order valence-electron chi connectivity index (χ3n) is 5.96. The van der Waals surface area contributed by atoms with Gasteiger partial charge in [0.15, 0.2) is 0 Å². The van der Waals surface area contributed by atoms with Crippen molar-refractivity contribution < 1.29 is 14.4 Å². The average Bonchev–Trinajstić information content (AvgIpc) is 2.99. The van der Waals surface area contributed by atoms with Gasteiger partial charge in [0, 0.05) is 41.9 Å². The molecule has 1 atom stereocenters. The number of nitrogens with one attached hydrogen (secondary N) is 3. The van der Waals surface area contributed by atoms with Crippen molar-refractivity contribution in [2.24, 2.45) is 0 Å². The SMILES string of the molecule is CCC(Sc1cccc(NC(=O)/C(=C\c2c(Cl)cccc2Cl)NC(=O)c2ccccc2)c1)C(=O)Nc1ccc(Br)cc1. The molecule has 6 nitrogen and oxygen atoms in total. The highest BCUT2D eigenvalue weighted by Crippen LogP contribution is 2.30. The Morgan fingerprint density at radius 3 is 2.17 bits per heavy atom. The van der Waals surface area contributed by atoms with Gasteiger partial charge in [-0.3, -0.25) is 14.4 Å². The molecule has 3 N–H and O–H groups in total. The molecule has 0 fully saturated rings. The quantitative estimate of drug-likeness (QED) is 0.115. The molecule has 0 bridgehead atoms. The monoisotopic (exact) mass is 681 g/mol. The van der Waals surface area contributed by atoms with Crippen LogP contribution in [0.2, 0.25) is 10.0 Å². The molecule has 4 aromatic rings. The topological polar surface area (TPSA) is 87.3 Å². The summed E-state index contributed by atoms with van der Waals surface area (Å²) in [7, 11) is 0. The van der Waals surface area contributed by atoms with Crippen molar-refractivity contribution in [2.75, 3.05) is 10.6 Å². The third-order valence-corrected chi connectivity index (χ3v) is 8.51. The van der Waals surface area contributed by atoms with Crippen LogP contribution >= 0.6 is 50.9 Å². The number of amides is 3. The molecule has 0 heterocycles. The molecule has 10 heteroatoms. The fourth-order valence-corrected chi connectivity index (χ4v) is 5.61. The number of hydrogen-bond acceptors (Lipinski definition) is 4. The van der Waals surface area contributed by atoms with Gasteiger partial charge in [0.05, 0.1) is 5.25 Å². The molecule has 0 saturated heterocycles. The molecule has 4 rings (SSSR count). The molecule has 42 heavy (non-hydrogen) atoms. The van der Waals surface area contributed by atoms with E-state index >= 15 is 0 Å². The van der Waals surface area contributed by atoms with Gasteiger partial charge in [0.2, 0.25) is 5.91 Å². The second-order valence-electron chi connectivity index (χ2n) is 9.01. The van der Waals surface area contributed by atoms with E-state index in [0.717, 1.165) is 9.37 Å². The van der Waals surface area contributed by atoms with Crippen molar-refractivity contribution in [2.45, 2.75) is 23.5 Å². The number of halogens is 3. The van der Waals surface area contributed by atoms with Crippen LogP contribution in [0.15, 0.2) is 112 Å². The van der Waals surface area contributed by atoms with Crippen molar-refractivity contribution in [1.29, 1.82) is 0 Å². The van der Waals surface area contributed by atoms with E-state index < -0.39 is 11.8 Å². The summed E-state index contributed by atoms with van der Waals surface area (Å²) in [4.78, 5) is 40.2. The first kappa shape index (κ1) is 31.4. The van der Waals surface area contributed by atoms with Crippen LogP contribution in [0.1, 0.15) is 29.3 Å². The van der Waals surface area contributed by atoms with Crippen LogP contribution in [0.5, 0.6) is 0 Å². The van der Waals surface area contributed by atoms with Gasteiger partial charge < -0.3 is 16.0 Å². The first-order chi connectivity index (χ1) is 20.2. The lowest BCUT2D eigenvalue weighted by atomic mass is 10.1. The number of carbonyl (C=O) groups is 3. The molecular weight excluding hydrogens is 657 g/mol. The minimum atomic E-state index is -0.572. The van der Waals surface area contributed by atoms with Crippen LogP contribution in [0, 0.1) is 0 Å². The molecule has 0 spiro atoms. The van der Waals surface area contributed by atoms with Crippen LogP contribution in [-0.4, -0.2) is 23.0 Å². The molecule has 0 aliphatic rings. The summed E-state index contributed by atoms with van der Waals surface area (Å²) < 4.78 is 0.924. The fourth-order valence-electron chi connectivity index (χ4n) is 3.82. The van der Waals surface area contributed by atoms with Gasteiger partial charge >= 0.3 is 0 Å². The Kier molecular flexibility index (Phi) is 11.3. The summed E-state index contributed by atoms with van der Waals surface area (Å²) in [6.45, 7) is 1.94. The van der Waals surface area contributed by atoms with Gasteiger partial charge in [-0.15, -0.1) is 11.8 Å². The number of benzene rings is 4. The Morgan fingerprint density at radius 1 is 0.833 bits per heavy atom. The van der Waals surface area contributed by atoms with E-state index in [-0.39, 0.29) is 16.9 Å². The van der Waals surface area contributed by atoms with Gasteiger partial charge in [0.25, 0.3) is 11.8 Å². The van der Waals surface area contributed by atoms with E-state index in [1.54, 1.807) is 66.7 Å². The van der Waals surface area contributed by atoms with Crippen LogP contribution in [0.25, 0.3) is 6.08 Å². The van der Waals surface area contributed by atoms with Crippen LogP contribution in [0.3, 0.4) is 0 Å². The molecule has 0 aromatic heterocycles. The van der Waals surface area contributed by atoms with E-state index in [1.165, 1.54) is 17.8 Å². The predicted molar refractivity (Wildman–Crippen MR) is 176 cm³/mol. The highest BCUT2D eigenvalue weighted by Gasteiger charge is 2.20. The van der Waals surface area contributed by atoms with Crippen LogP contribution < -0.4 is 16.0 Å². The fraction of sp³-hybridized carbons (Fsp3) is 0.0938. The maximum atomic E-state index is 13.5. The minimum absolute atomic E-state index is 0.0442. The highest BCUT2D eigenvalue weighted by molar-refractivity contribution is 9.10. The van der Waals surface area contributed by atoms with Gasteiger partial charge in [-0.05, 0) is 79.2 Å². The van der Waals surface area contributed by atoms with Crippen molar-refractivity contribution in [3.8, 4) is 0 Å². The smallest absolute Gasteiger partial charge is 0.272 e. The standard InChI is InChI=1S/C32H26BrCl2N3O3S/c1-2-29(32(41)36-22-16-14-21(33)15-17-22)42-24-11-6-10-23(18-24)37-31(40)28(19-25-26(34)12-7-13-27(25)35)38-30(39)20-8-4-3-5-9-20/h3-19,29H,2H2,1H3,(H,36,41)(H,37,40)(H,38,39)/b28-19+. The van der Waals surface area contributed by atoms with E-state index in [4.69, 9.17) is 23.2 Å². The van der Waals surface area contributed by atoms with Crippen LogP contribution in [0.4, 0.5) is 11.4 Å². The summed E-state index contributed by atoms with van der Waals surface area (Å²) >= 11 is 17.5. The number of hydrogen-bond donors (Lipinski definition) is 3. The average molecular weight is 683 g/mol. The zero-order valence-electron chi connectivity index (χ0n) is 22.4. The van der Waals surface area contributed by atoms with E-state index in [9.17, 15) is 14.4 Å². The molecular formula is C32H26BrCl2N3O3S. The van der Waals surface area contributed by atoms with Gasteiger partial charge in [0.1, 0.15) is 5.70 Å². The summed E-state index contributed by atoms with van der Waals surface area (Å²) in [5.41, 5.74) is 1.92. The van der Waals surface area contributed by atoms with Crippen LogP contribution in [-0.2, 0) is 9.59 Å². The lowest BCUT2D eigenvalue weighted by Crippen LogP contribution is -2.30. The molecule has 0 saturated carbocycles. The minimum Gasteiger partial charge on any atom is -0.325 e. The first-order valence-electron chi connectivity index (χ1n) is 12.9. The van der Waals surface area contributed by atoms with E-state index in [0.29, 0.717) is 39.0 Å². The Balaban J connectivity index is 1.53. The van der Waals surface area contributed by atoms with Gasteiger partial charge in [-0.25, -0.2) is 0 Å². The summed E-state index contributed by atoms with van der Waals surface area (Å²) in [5.74, 6) is -1.16. The highest BCUT2D eigenvalue weighted by atomic mass is 79.9. The Hall–Kier alpha value is -3.56.